The Labute approximate surface area is 124 Å². The normalized spacial score (nSPS) is 12.8. The van der Waals surface area contributed by atoms with Crippen molar-refractivity contribution in [3.05, 3.63) is 18.0 Å². The lowest BCUT2D eigenvalue weighted by Crippen LogP contribution is -2.28. The zero-order valence-electron chi connectivity index (χ0n) is 12.7. The Hall–Kier alpha value is -0.990. The molecule has 0 amide bonds. The van der Waals surface area contributed by atoms with Gasteiger partial charge in [-0.1, -0.05) is 13.8 Å². The number of hydrogen-bond donors (Lipinski definition) is 2. The SMILES string of the molecule is CC(C)NCc1cc(S(=O)(=O)NCC(F)F)cn1C(C)C. The third-order valence-electron chi connectivity index (χ3n) is 2.89. The molecule has 0 radical (unpaired) electrons. The summed E-state index contributed by atoms with van der Waals surface area (Å²) in [5, 5.41) is 3.22. The third-order valence-corrected chi connectivity index (χ3v) is 4.28. The fourth-order valence-corrected chi connectivity index (χ4v) is 2.89. The van der Waals surface area contributed by atoms with Crippen molar-refractivity contribution in [1.82, 2.24) is 14.6 Å². The molecule has 8 heteroatoms. The molecular weight excluding hydrogens is 300 g/mol. The second kappa shape index (κ2) is 7.33. The molecule has 0 bridgehead atoms. The van der Waals surface area contributed by atoms with Crippen LogP contribution in [0.1, 0.15) is 39.4 Å². The summed E-state index contributed by atoms with van der Waals surface area (Å²) >= 11 is 0. The first kappa shape index (κ1) is 18.1. The smallest absolute Gasteiger partial charge is 0.251 e. The lowest BCUT2D eigenvalue weighted by atomic mass is 10.3. The van der Waals surface area contributed by atoms with E-state index in [-0.39, 0.29) is 17.0 Å². The molecular formula is C13H23F2N3O2S. The number of rotatable bonds is 8. The summed E-state index contributed by atoms with van der Waals surface area (Å²) < 4.78 is 52.0. The van der Waals surface area contributed by atoms with Crippen LogP contribution in [0.3, 0.4) is 0 Å². The van der Waals surface area contributed by atoms with Crippen LogP contribution in [0.15, 0.2) is 17.2 Å². The van der Waals surface area contributed by atoms with Gasteiger partial charge in [0.25, 0.3) is 6.43 Å². The Morgan fingerprint density at radius 3 is 2.33 bits per heavy atom. The van der Waals surface area contributed by atoms with Crippen LogP contribution in [0.25, 0.3) is 0 Å². The molecule has 0 atom stereocenters. The van der Waals surface area contributed by atoms with E-state index in [0.717, 1.165) is 5.69 Å². The van der Waals surface area contributed by atoms with Gasteiger partial charge < -0.3 is 9.88 Å². The van der Waals surface area contributed by atoms with E-state index in [9.17, 15) is 17.2 Å². The van der Waals surface area contributed by atoms with Gasteiger partial charge in [0.1, 0.15) is 0 Å². The molecule has 0 fully saturated rings. The summed E-state index contributed by atoms with van der Waals surface area (Å²) in [6.07, 6.45) is -1.23. The van der Waals surface area contributed by atoms with Gasteiger partial charge in [0.05, 0.1) is 11.4 Å². The van der Waals surface area contributed by atoms with Gasteiger partial charge in [-0.2, -0.15) is 0 Å². The molecule has 122 valence electrons. The lowest BCUT2D eigenvalue weighted by Gasteiger charge is -2.14. The highest BCUT2D eigenvalue weighted by Gasteiger charge is 2.20. The van der Waals surface area contributed by atoms with Gasteiger partial charge >= 0.3 is 0 Å². The van der Waals surface area contributed by atoms with Gasteiger partial charge in [0.15, 0.2) is 0 Å². The maximum atomic E-state index is 12.2. The summed E-state index contributed by atoms with van der Waals surface area (Å²) in [7, 11) is -3.91. The number of nitrogens with zero attached hydrogens (tertiary/aromatic N) is 1. The number of nitrogens with one attached hydrogen (secondary N) is 2. The Morgan fingerprint density at radius 1 is 1.24 bits per heavy atom. The topological polar surface area (TPSA) is 63.1 Å². The Bertz CT molecular complexity index is 554. The second-order valence-corrected chi connectivity index (χ2v) is 7.21. The molecule has 0 aliphatic rings. The highest BCUT2D eigenvalue weighted by atomic mass is 32.2. The number of halogens is 2. The average molecular weight is 323 g/mol. The zero-order chi connectivity index (χ0) is 16.2. The van der Waals surface area contributed by atoms with Crippen molar-refractivity contribution in [2.45, 2.75) is 57.6 Å². The monoisotopic (exact) mass is 323 g/mol. The Kier molecular flexibility index (Phi) is 6.30. The zero-order valence-corrected chi connectivity index (χ0v) is 13.5. The van der Waals surface area contributed by atoms with E-state index in [1.807, 2.05) is 37.0 Å². The highest BCUT2D eigenvalue weighted by molar-refractivity contribution is 7.89. The fraction of sp³-hybridized carbons (Fsp3) is 0.692. The number of sulfonamides is 1. The van der Waals surface area contributed by atoms with E-state index in [2.05, 4.69) is 5.32 Å². The summed E-state index contributed by atoms with van der Waals surface area (Å²) in [5.74, 6) is 0. The van der Waals surface area contributed by atoms with Crippen molar-refractivity contribution in [3.63, 3.8) is 0 Å². The van der Waals surface area contributed by atoms with Crippen LogP contribution in [0, 0.1) is 0 Å². The fourth-order valence-electron chi connectivity index (χ4n) is 1.83. The van der Waals surface area contributed by atoms with Crippen LogP contribution < -0.4 is 10.0 Å². The lowest BCUT2D eigenvalue weighted by molar-refractivity contribution is 0.153. The third kappa shape index (κ3) is 5.37. The molecule has 0 aliphatic carbocycles. The van der Waals surface area contributed by atoms with Crippen LogP contribution in [0.5, 0.6) is 0 Å². The maximum Gasteiger partial charge on any atom is 0.251 e. The minimum absolute atomic E-state index is 0.0115. The first-order valence-electron chi connectivity index (χ1n) is 6.85. The van der Waals surface area contributed by atoms with E-state index in [4.69, 9.17) is 0 Å². The van der Waals surface area contributed by atoms with Crippen LogP contribution >= 0.6 is 0 Å². The summed E-state index contributed by atoms with van der Waals surface area (Å²) in [5.41, 5.74) is 0.802. The maximum absolute atomic E-state index is 12.2. The molecule has 1 rings (SSSR count). The van der Waals surface area contributed by atoms with E-state index in [1.165, 1.54) is 12.3 Å². The minimum Gasteiger partial charge on any atom is -0.346 e. The largest absolute Gasteiger partial charge is 0.346 e. The molecule has 1 aromatic rings. The van der Waals surface area contributed by atoms with Crippen molar-refractivity contribution in [1.29, 1.82) is 0 Å². The average Bonchev–Trinajstić information content (AvgIpc) is 2.79. The number of hydrogen-bond acceptors (Lipinski definition) is 3. The minimum atomic E-state index is -3.91. The molecule has 0 spiro atoms. The molecule has 5 nitrogen and oxygen atoms in total. The van der Waals surface area contributed by atoms with Gasteiger partial charge in [0.2, 0.25) is 10.0 Å². The molecule has 0 aliphatic heterocycles. The first-order valence-corrected chi connectivity index (χ1v) is 8.33. The standard InChI is InChI=1S/C13H23F2N3O2S/c1-9(2)16-6-11-5-12(8-18(11)10(3)4)21(19,20)17-7-13(14)15/h5,8-10,13,16-17H,6-7H2,1-4H3. The summed E-state index contributed by atoms with van der Waals surface area (Å²) in [4.78, 5) is 0.0115. The molecule has 0 saturated carbocycles. The molecule has 2 N–H and O–H groups in total. The van der Waals surface area contributed by atoms with Crippen LogP contribution in [-0.4, -0.2) is 32.0 Å². The summed E-state index contributed by atoms with van der Waals surface area (Å²) in [6, 6.07) is 1.86. The first-order chi connectivity index (χ1) is 9.63. The number of alkyl halides is 2. The van der Waals surface area contributed by atoms with Crippen molar-refractivity contribution in [2.24, 2.45) is 0 Å². The van der Waals surface area contributed by atoms with E-state index >= 15 is 0 Å². The Morgan fingerprint density at radius 2 is 1.86 bits per heavy atom. The second-order valence-electron chi connectivity index (χ2n) is 5.45. The predicted molar refractivity (Wildman–Crippen MR) is 78.0 cm³/mol. The molecule has 1 heterocycles. The van der Waals surface area contributed by atoms with Crippen molar-refractivity contribution in [3.8, 4) is 0 Å². The van der Waals surface area contributed by atoms with Gasteiger partial charge in [-0.3, -0.25) is 0 Å². The van der Waals surface area contributed by atoms with Crippen molar-refractivity contribution < 1.29 is 17.2 Å². The van der Waals surface area contributed by atoms with Gasteiger partial charge in [-0.05, 0) is 19.9 Å². The van der Waals surface area contributed by atoms with E-state index in [1.54, 1.807) is 0 Å². The quantitative estimate of drug-likeness (QED) is 0.770. The molecule has 0 aromatic carbocycles. The van der Waals surface area contributed by atoms with Crippen LogP contribution in [0.2, 0.25) is 0 Å². The van der Waals surface area contributed by atoms with Gasteiger partial charge in [-0.25, -0.2) is 21.9 Å². The highest BCUT2D eigenvalue weighted by Crippen LogP contribution is 2.19. The van der Waals surface area contributed by atoms with E-state index in [0.29, 0.717) is 6.54 Å². The van der Waals surface area contributed by atoms with Crippen molar-refractivity contribution >= 4 is 10.0 Å². The summed E-state index contributed by atoms with van der Waals surface area (Å²) in [6.45, 7) is 7.48. The van der Waals surface area contributed by atoms with Gasteiger partial charge in [0, 0.05) is 30.5 Å². The van der Waals surface area contributed by atoms with Gasteiger partial charge in [-0.15, -0.1) is 0 Å². The molecule has 0 unspecified atom stereocenters. The molecule has 1 aromatic heterocycles. The Balaban J connectivity index is 3.00. The molecule has 0 saturated heterocycles. The van der Waals surface area contributed by atoms with Crippen LogP contribution in [-0.2, 0) is 16.6 Å². The van der Waals surface area contributed by atoms with Crippen molar-refractivity contribution in [2.75, 3.05) is 6.54 Å². The number of aromatic nitrogens is 1. The van der Waals surface area contributed by atoms with Crippen LogP contribution in [0.4, 0.5) is 8.78 Å². The molecule has 21 heavy (non-hydrogen) atoms. The van der Waals surface area contributed by atoms with E-state index < -0.39 is 23.0 Å². The predicted octanol–water partition coefficient (Wildman–Crippen LogP) is 2.11.